The summed E-state index contributed by atoms with van der Waals surface area (Å²) in [6.45, 7) is 1.92. The molecule has 4 rings (SSSR count). The van der Waals surface area contributed by atoms with E-state index in [0.717, 1.165) is 36.3 Å². The van der Waals surface area contributed by atoms with Crippen LogP contribution in [0.3, 0.4) is 0 Å². The minimum absolute atomic E-state index is 0.248. The predicted octanol–water partition coefficient (Wildman–Crippen LogP) is 5.44. The first-order chi connectivity index (χ1) is 15.1. The first-order valence-corrected chi connectivity index (χ1v) is 10.5. The van der Waals surface area contributed by atoms with Crippen LogP contribution in [0, 0.1) is 0 Å². The maximum atomic E-state index is 12.4. The second-order valence-corrected chi connectivity index (χ2v) is 8.02. The van der Waals surface area contributed by atoms with E-state index in [1.165, 1.54) is 16.6 Å². The third-order valence-corrected chi connectivity index (χ3v) is 5.28. The number of rotatable bonds is 7. The molecule has 0 saturated heterocycles. The van der Waals surface area contributed by atoms with Gasteiger partial charge in [-0.1, -0.05) is 42.5 Å². The van der Waals surface area contributed by atoms with Crippen LogP contribution in [-0.4, -0.2) is 36.1 Å². The van der Waals surface area contributed by atoms with E-state index in [1.54, 1.807) is 0 Å². The highest BCUT2D eigenvalue weighted by molar-refractivity contribution is 6.01. The quantitative estimate of drug-likeness (QED) is 0.425. The van der Waals surface area contributed by atoms with Crippen molar-refractivity contribution in [2.75, 3.05) is 31.3 Å². The standard InChI is InChI=1S/C26H28N4O/c1-29(2)16-17-30-15-14-22-19-24(12-13-25(22)30)28-26(31)27-23-10-8-21(9-11-23)18-20-6-4-3-5-7-20/h3-15,19H,16-18H2,1-2H3,(H2,27,28,31). The van der Waals surface area contributed by atoms with Gasteiger partial charge in [-0.05, 0) is 68.0 Å². The van der Waals surface area contributed by atoms with Gasteiger partial charge in [0, 0.05) is 41.6 Å². The molecule has 0 atom stereocenters. The summed E-state index contributed by atoms with van der Waals surface area (Å²) >= 11 is 0. The molecular weight excluding hydrogens is 384 g/mol. The lowest BCUT2D eigenvalue weighted by molar-refractivity contribution is 0.262. The van der Waals surface area contributed by atoms with Crippen LogP contribution in [0.5, 0.6) is 0 Å². The summed E-state index contributed by atoms with van der Waals surface area (Å²) in [5.41, 5.74) is 5.19. The van der Waals surface area contributed by atoms with Gasteiger partial charge in [-0.2, -0.15) is 0 Å². The van der Waals surface area contributed by atoms with Gasteiger partial charge >= 0.3 is 6.03 Å². The van der Waals surface area contributed by atoms with E-state index >= 15 is 0 Å². The van der Waals surface area contributed by atoms with Crippen LogP contribution in [0.4, 0.5) is 16.2 Å². The van der Waals surface area contributed by atoms with Gasteiger partial charge in [0.1, 0.15) is 0 Å². The van der Waals surface area contributed by atoms with Crippen molar-refractivity contribution >= 4 is 28.3 Å². The smallest absolute Gasteiger partial charge is 0.323 e. The predicted molar refractivity (Wildman–Crippen MR) is 129 cm³/mol. The fourth-order valence-corrected chi connectivity index (χ4v) is 3.61. The molecule has 0 aliphatic carbocycles. The molecule has 31 heavy (non-hydrogen) atoms. The van der Waals surface area contributed by atoms with Crippen LogP contribution in [0.25, 0.3) is 10.9 Å². The molecule has 2 N–H and O–H groups in total. The third kappa shape index (κ3) is 5.53. The lowest BCUT2D eigenvalue weighted by Crippen LogP contribution is -2.19. The Labute approximate surface area is 183 Å². The van der Waals surface area contributed by atoms with E-state index in [4.69, 9.17) is 0 Å². The molecule has 4 aromatic rings. The molecule has 3 aromatic carbocycles. The van der Waals surface area contributed by atoms with Gasteiger partial charge in [-0.3, -0.25) is 0 Å². The summed E-state index contributed by atoms with van der Waals surface area (Å²) in [5, 5.41) is 6.95. The number of fused-ring (bicyclic) bond motifs is 1. The summed E-state index contributed by atoms with van der Waals surface area (Å²) in [6.07, 6.45) is 2.97. The van der Waals surface area contributed by atoms with E-state index in [2.05, 4.69) is 64.7 Å². The van der Waals surface area contributed by atoms with Crippen molar-refractivity contribution in [1.29, 1.82) is 0 Å². The van der Waals surface area contributed by atoms with Crippen LogP contribution in [0.15, 0.2) is 85.1 Å². The topological polar surface area (TPSA) is 49.3 Å². The molecule has 158 valence electrons. The Bertz CT molecular complexity index is 1150. The number of aromatic nitrogens is 1. The molecule has 0 radical (unpaired) electrons. The van der Waals surface area contributed by atoms with Crippen molar-refractivity contribution in [2.45, 2.75) is 13.0 Å². The Morgan fingerprint density at radius 2 is 1.52 bits per heavy atom. The molecule has 0 spiro atoms. The van der Waals surface area contributed by atoms with E-state index in [0.29, 0.717) is 0 Å². The minimum Gasteiger partial charge on any atom is -0.346 e. The highest BCUT2D eigenvalue weighted by Gasteiger charge is 2.06. The van der Waals surface area contributed by atoms with Crippen molar-refractivity contribution in [3.05, 3.63) is 96.2 Å². The van der Waals surface area contributed by atoms with E-state index < -0.39 is 0 Å². The number of amides is 2. The largest absolute Gasteiger partial charge is 0.346 e. The Balaban J connectivity index is 1.35. The molecular formula is C26H28N4O. The van der Waals surface area contributed by atoms with E-state index in [1.807, 2.05) is 54.6 Å². The van der Waals surface area contributed by atoms with Crippen LogP contribution < -0.4 is 10.6 Å². The van der Waals surface area contributed by atoms with Crippen molar-refractivity contribution in [3.8, 4) is 0 Å². The zero-order valence-electron chi connectivity index (χ0n) is 18.0. The maximum Gasteiger partial charge on any atom is 0.323 e. The Hall–Kier alpha value is -3.57. The van der Waals surface area contributed by atoms with Gasteiger partial charge in [0.15, 0.2) is 0 Å². The molecule has 0 aliphatic rings. The van der Waals surface area contributed by atoms with Gasteiger partial charge in [0.05, 0.1) is 0 Å². The summed E-state index contributed by atoms with van der Waals surface area (Å²) in [6, 6.07) is 26.2. The summed E-state index contributed by atoms with van der Waals surface area (Å²) in [7, 11) is 4.15. The summed E-state index contributed by atoms with van der Waals surface area (Å²) in [5.74, 6) is 0. The van der Waals surface area contributed by atoms with Crippen LogP contribution in [0.1, 0.15) is 11.1 Å². The number of hydrogen-bond acceptors (Lipinski definition) is 2. The number of nitrogens with one attached hydrogen (secondary N) is 2. The van der Waals surface area contributed by atoms with Gasteiger partial charge in [0.25, 0.3) is 0 Å². The second kappa shape index (κ2) is 9.49. The molecule has 0 saturated carbocycles. The number of anilines is 2. The lowest BCUT2D eigenvalue weighted by Gasteiger charge is -2.12. The Morgan fingerprint density at radius 3 is 2.26 bits per heavy atom. The Kier molecular flexibility index (Phi) is 6.34. The first kappa shape index (κ1) is 20.7. The fourth-order valence-electron chi connectivity index (χ4n) is 3.61. The Morgan fingerprint density at radius 1 is 0.839 bits per heavy atom. The molecule has 2 amide bonds. The number of carbonyl (C=O) groups is 1. The third-order valence-electron chi connectivity index (χ3n) is 5.28. The van der Waals surface area contributed by atoms with Crippen molar-refractivity contribution in [1.82, 2.24) is 9.47 Å². The monoisotopic (exact) mass is 412 g/mol. The number of carbonyl (C=O) groups excluding carboxylic acids is 1. The average Bonchev–Trinajstić information content (AvgIpc) is 3.16. The van der Waals surface area contributed by atoms with Gasteiger partial charge in [-0.15, -0.1) is 0 Å². The van der Waals surface area contributed by atoms with E-state index in [-0.39, 0.29) is 6.03 Å². The number of likely N-dealkylation sites (N-methyl/N-ethyl adjacent to an activating group) is 1. The molecule has 0 fully saturated rings. The molecule has 5 heteroatoms. The molecule has 5 nitrogen and oxygen atoms in total. The number of urea groups is 1. The number of hydrogen-bond donors (Lipinski definition) is 2. The average molecular weight is 413 g/mol. The van der Waals surface area contributed by atoms with Crippen molar-refractivity contribution in [2.24, 2.45) is 0 Å². The highest BCUT2D eigenvalue weighted by Crippen LogP contribution is 2.21. The van der Waals surface area contributed by atoms with Crippen molar-refractivity contribution < 1.29 is 4.79 Å². The van der Waals surface area contributed by atoms with Gasteiger partial charge in [0.2, 0.25) is 0 Å². The molecule has 0 bridgehead atoms. The summed E-state index contributed by atoms with van der Waals surface area (Å²) < 4.78 is 2.23. The molecule has 1 heterocycles. The first-order valence-electron chi connectivity index (χ1n) is 10.5. The minimum atomic E-state index is -0.248. The number of nitrogens with zero attached hydrogens (tertiary/aromatic N) is 2. The fraction of sp³-hybridized carbons (Fsp3) is 0.192. The zero-order valence-corrected chi connectivity index (χ0v) is 18.0. The SMILES string of the molecule is CN(C)CCn1ccc2cc(NC(=O)Nc3ccc(Cc4ccccc4)cc3)ccc21. The van der Waals surface area contributed by atoms with Crippen LogP contribution >= 0.6 is 0 Å². The normalized spacial score (nSPS) is 11.1. The molecule has 1 aromatic heterocycles. The van der Waals surface area contributed by atoms with Crippen molar-refractivity contribution in [3.63, 3.8) is 0 Å². The van der Waals surface area contributed by atoms with E-state index in [9.17, 15) is 4.79 Å². The number of benzene rings is 3. The van der Waals surface area contributed by atoms with Crippen LogP contribution in [-0.2, 0) is 13.0 Å². The van der Waals surface area contributed by atoms with Crippen LogP contribution in [0.2, 0.25) is 0 Å². The highest BCUT2D eigenvalue weighted by atomic mass is 16.2. The van der Waals surface area contributed by atoms with Gasteiger partial charge in [-0.25, -0.2) is 4.79 Å². The summed E-state index contributed by atoms with van der Waals surface area (Å²) in [4.78, 5) is 14.6. The molecule has 0 aliphatic heterocycles. The maximum absolute atomic E-state index is 12.4. The molecule has 0 unspecified atom stereocenters. The lowest BCUT2D eigenvalue weighted by atomic mass is 10.0. The second-order valence-electron chi connectivity index (χ2n) is 8.02. The van der Waals surface area contributed by atoms with Gasteiger partial charge < -0.3 is 20.1 Å². The zero-order chi connectivity index (χ0) is 21.6.